The molecule has 0 saturated carbocycles. The number of rotatable bonds is 8. The first kappa shape index (κ1) is 26.2. The molecule has 1 fully saturated rings. The van der Waals surface area contributed by atoms with Crippen molar-refractivity contribution in [1.82, 2.24) is 19.5 Å². The summed E-state index contributed by atoms with van der Waals surface area (Å²) < 4.78 is 19.7. The molecule has 1 aliphatic heterocycles. The fraction of sp³-hybridized carbons (Fsp3) is 0.500. The van der Waals surface area contributed by atoms with Crippen LogP contribution in [0.25, 0.3) is 11.2 Å². The smallest absolute Gasteiger partial charge is 0.263 e. The number of aliphatic hydroxyl groups is 2. The summed E-state index contributed by atoms with van der Waals surface area (Å²) in [6, 6.07) is 9.02. The summed E-state index contributed by atoms with van der Waals surface area (Å²) in [6.07, 6.45) is -0.563. The highest BCUT2D eigenvalue weighted by Crippen LogP contribution is 2.42. The lowest BCUT2D eigenvalue weighted by Gasteiger charge is -2.40. The van der Waals surface area contributed by atoms with Crippen LogP contribution < -0.4 is 10.1 Å². The maximum Gasteiger partial charge on any atom is 0.263 e. The van der Waals surface area contributed by atoms with Gasteiger partial charge in [-0.05, 0) is 30.3 Å². The molecule has 11 nitrogen and oxygen atoms in total. The molecule has 3 N–H and O–H groups in total. The molecule has 0 aliphatic carbocycles. The van der Waals surface area contributed by atoms with Crippen molar-refractivity contribution in [3.05, 3.63) is 43.0 Å². The van der Waals surface area contributed by atoms with Gasteiger partial charge < -0.3 is 29.4 Å². The van der Waals surface area contributed by atoms with Crippen LogP contribution in [0, 0.1) is 0 Å². The van der Waals surface area contributed by atoms with Crippen molar-refractivity contribution in [1.29, 1.82) is 0 Å². The zero-order valence-corrected chi connectivity index (χ0v) is 22.1. The molecule has 4 rings (SSSR count). The van der Waals surface area contributed by atoms with Crippen LogP contribution in [0.15, 0.2) is 43.0 Å². The molecule has 2 aromatic heterocycles. The van der Waals surface area contributed by atoms with E-state index in [0.717, 1.165) is 0 Å². The SMILES string of the molecule is CC(C)(C)[Si](C)(C)O[C@@H]1[C@H](O)[C@@H](CO)O[C@H]1n1cnc2c(NC(=O)COc3ccccc3)ncnc21. The lowest BCUT2D eigenvalue weighted by atomic mass is 10.1. The van der Waals surface area contributed by atoms with Crippen LogP contribution in [0.1, 0.15) is 27.0 Å². The normalized spacial score (nSPS) is 22.6. The van der Waals surface area contributed by atoms with E-state index in [2.05, 4.69) is 54.1 Å². The fourth-order valence-corrected chi connectivity index (χ4v) is 4.99. The van der Waals surface area contributed by atoms with Gasteiger partial charge in [-0.15, -0.1) is 0 Å². The largest absolute Gasteiger partial charge is 0.484 e. The highest BCUT2D eigenvalue weighted by atomic mass is 28.4. The summed E-state index contributed by atoms with van der Waals surface area (Å²) >= 11 is 0. The Morgan fingerprint density at radius 3 is 2.58 bits per heavy atom. The Bertz CT molecular complexity index is 1200. The minimum atomic E-state index is -2.30. The van der Waals surface area contributed by atoms with Gasteiger partial charge in [-0.2, -0.15) is 0 Å². The van der Waals surface area contributed by atoms with E-state index in [0.29, 0.717) is 16.9 Å². The highest BCUT2D eigenvalue weighted by Gasteiger charge is 2.50. The van der Waals surface area contributed by atoms with Gasteiger partial charge in [-0.1, -0.05) is 39.0 Å². The molecule has 1 aliphatic rings. The summed E-state index contributed by atoms with van der Waals surface area (Å²) in [5.41, 5.74) is 0.742. The number of nitrogens with one attached hydrogen (secondary N) is 1. The number of hydrogen-bond acceptors (Lipinski definition) is 9. The number of aromatic nitrogens is 4. The average Bonchev–Trinajstić information content (AvgIpc) is 3.39. The molecular weight excluding hydrogens is 482 g/mol. The fourth-order valence-electron chi connectivity index (χ4n) is 3.70. The maximum absolute atomic E-state index is 12.5. The van der Waals surface area contributed by atoms with Crippen molar-refractivity contribution in [2.24, 2.45) is 0 Å². The molecule has 4 atom stereocenters. The number of amides is 1. The Balaban J connectivity index is 1.58. The predicted molar refractivity (Wildman–Crippen MR) is 135 cm³/mol. The van der Waals surface area contributed by atoms with Gasteiger partial charge in [0.1, 0.15) is 30.4 Å². The van der Waals surface area contributed by atoms with Gasteiger partial charge in [-0.3, -0.25) is 9.36 Å². The standard InChI is InChI=1S/C24H33N5O6Si/c1-24(2,3)36(4,5)35-20-19(32)16(11-30)34-23(20)29-14-27-18-21(25-13-26-22(18)29)28-17(31)12-33-15-9-7-6-8-10-15/h6-10,13-14,16,19-20,23,30,32H,11-12H2,1-5H3,(H,25,26,28,31)/t16-,19-,20-,23-/m1/s1. The lowest BCUT2D eigenvalue weighted by molar-refractivity contribution is -0.118. The van der Waals surface area contributed by atoms with Crippen molar-refractivity contribution >= 4 is 31.2 Å². The van der Waals surface area contributed by atoms with Crippen LogP contribution in [0.3, 0.4) is 0 Å². The van der Waals surface area contributed by atoms with Crippen molar-refractivity contribution in [2.45, 2.75) is 63.4 Å². The molecule has 0 bridgehead atoms. The first-order chi connectivity index (χ1) is 17.0. The summed E-state index contributed by atoms with van der Waals surface area (Å²) in [4.78, 5) is 25.4. The first-order valence-corrected chi connectivity index (χ1v) is 14.7. The Labute approximate surface area is 210 Å². The number of imidazole rings is 1. The van der Waals surface area contributed by atoms with Crippen LogP contribution in [0.2, 0.25) is 18.1 Å². The topological polar surface area (TPSA) is 141 Å². The van der Waals surface area contributed by atoms with Crippen LogP contribution in [-0.2, 0) is 14.0 Å². The summed E-state index contributed by atoms with van der Waals surface area (Å²) in [5.74, 6) is 0.396. The van der Waals surface area contributed by atoms with E-state index in [9.17, 15) is 15.0 Å². The number of benzene rings is 1. The minimum Gasteiger partial charge on any atom is -0.484 e. The van der Waals surface area contributed by atoms with E-state index in [1.165, 1.54) is 12.7 Å². The number of carbonyl (C=O) groups is 1. The average molecular weight is 516 g/mol. The maximum atomic E-state index is 12.5. The lowest BCUT2D eigenvalue weighted by Crippen LogP contribution is -2.48. The third-order valence-electron chi connectivity index (χ3n) is 6.73. The van der Waals surface area contributed by atoms with E-state index in [1.54, 1.807) is 16.7 Å². The molecule has 36 heavy (non-hydrogen) atoms. The van der Waals surface area contributed by atoms with Crippen LogP contribution in [0.4, 0.5) is 5.82 Å². The summed E-state index contributed by atoms with van der Waals surface area (Å²) in [6.45, 7) is 9.93. The number of aliphatic hydroxyl groups excluding tert-OH is 2. The summed E-state index contributed by atoms with van der Waals surface area (Å²) in [5, 5.41) is 23.3. The van der Waals surface area contributed by atoms with Gasteiger partial charge in [0.25, 0.3) is 5.91 Å². The molecule has 0 radical (unpaired) electrons. The van der Waals surface area contributed by atoms with Crippen molar-refractivity contribution in [3.63, 3.8) is 0 Å². The molecule has 1 saturated heterocycles. The zero-order chi connectivity index (χ0) is 26.1. The van der Waals surface area contributed by atoms with Gasteiger partial charge in [0.15, 0.2) is 38.1 Å². The van der Waals surface area contributed by atoms with E-state index in [4.69, 9.17) is 13.9 Å². The second kappa shape index (κ2) is 10.2. The van der Waals surface area contributed by atoms with Crippen molar-refractivity contribution < 1.29 is 28.9 Å². The number of hydrogen-bond donors (Lipinski definition) is 3. The van der Waals surface area contributed by atoms with Crippen LogP contribution >= 0.6 is 0 Å². The van der Waals surface area contributed by atoms with Crippen LogP contribution in [0.5, 0.6) is 5.75 Å². The number of para-hydroxylation sites is 1. The second-order valence-electron chi connectivity index (χ2n) is 10.3. The third kappa shape index (κ3) is 5.27. The van der Waals surface area contributed by atoms with E-state index in [1.807, 2.05) is 18.2 Å². The molecule has 3 aromatic rings. The van der Waals surface area contributed by atoms with E-state index < -0.39 is 38.8 Å². The zero-order valence-electron chi connectivity index (χ0n) is 21.1. The molecule has 3 heterocycles. The quantitative estimate of drug-likeness (QED) is 0.386. The number of ether oxygens (including phenoxy) is 2. The van der Waals surface area contributed by atoms with E-state index in [-0.39, 0.29) is 24.1 Å². The van der Waals surface area contributed by atoms with Gasteiger partial charge in [0, 0.05) is 0 Å². The monoisotopic (exact) mass is 515 g/mol. The number of anilines is 1. The van der Waals surface area contributed by atoms with Crippen molar-refractivity contribution in [2.75, 3.05) is 18.5 Å². The van der Waals surface area contributed by atoms with E-state index >= 15 is 0 Å². The number of nitrogens with zero attached hydrogens (tertiary/aromatic N) is 4. The Morgan fingerprint density at radius 1 is 1.19 bits per heavy atom. The Hall–Kier alpha value is -2.90. The van der Waals surface area contributed by atoms with Gasteiger partial charge >= 0.3 is 0 Å². The van der Waals surface area contributed by atoms with Gasteiger partial charge in [0.05, 0.1) is 12.9 Å². The molecule has 0 spiro atoms. The first-order valence-electron chi connectivity index (χ1n) is 11.8. The molecule has 1 amide bonds. The van der Waals surface area contributed by atoms with Gasteiger partial charge in [0.2, 0.25) is 0 Å². The molecule has 194 valence electrons. The third-order valence-corrected chi connectivity index (χ3v) is 11.2. The Kier molecular flexibility index (Phi) is 7.43. The predicted octanol–water partition coefficient (Wildman–Crippen LogP) is 2.48. The van der Waals surface area contributed by atoms with Crippen molar-refractivity contribution in [3.8, 4) is 5.75 Å². The molecule has 1 aromatic carbocycles. The number of carbonyl (C=O) groups excluding carboxylic acids is 1. The molecular formula is C24H33N5O6Si. The molecule has 0 unspecified atom stereocenters. The number of fused-ring (bicyclic) bond motifs is 1. The minimum absolute atomic E-state index is 0.104. The molecule has 12 heteroatoms. The summed E-state index contributed by atoms with van der Waals surface area (Å²) in [7, 11) is -2.30. The Morgan fingerprint density at radius 2 is 1.92 bits per heavy atom. The van der Waals surface area contributed by atoms with Crippen LogP contribution in [-0.4, -0.2) is 75.5 Å². The van der Waals surface area contributed by atoms with Gasteiger partial charge in [-0.25, -0.2) is 15.0 Å². The second-order valence-corrected chi connectivity index (χ2v) is 15.0. The highest BCUT2D eigenvalue weighted by molar-refractivity contribution is 6.74.